The number of halogens is 4. The van der Waals surface area contributed by atoms with Crippen molar-refractivity contribution in [3.05, 3.63) is 94.9 Å². The van der Waals surface area contributed by atoms with E-state index >= 15 is 0 Å². The molecule has 0 saturated carbocycles. The van der Waals surface area contributed by atoms with Crippen LogP contribution in [0.5, 0.6) is 11.5 Å². The molecule has 1 unspecified atom stereocenters. The van der Waals surface area contributed by atoms with E-state index in [0.717, 1.165) is 12.1 Å². The molecule has 2 rings (SSSR count). The van der Waals surface area contributed by atoms with Crippen molar-refractivity contribution in [3.8, 4) is 11.5 Å². The van der Waals surface area contributed by atoms with Crippen LogP contribution in [0, 0.1) is 5.82 Å². The maximum absolute atomic E-state index is 14.5. The first-order valence-electron chi connectivity index (χ1n) is 12.0. The summed E-state index contributed by atoms with van der Waals surface area (Å²) in [6.07, 6.45) is -0.628. The molecule has 40 heavy (non-hydrogen) atoms. The molecule has 0 spiro atoms. The Morgan fingerprint density at radius 1 is 1.05 bits per heavy atom. The number of aliphatic hydroxyl groups excluding tert-OH is 1. The van der Waals surface area contributed by atoms with Gasteiger partial charge in [0.2, 0.25) is 0 Å². The number of allylic oxidation sites excluding steroid dienone is 4. The summed E-state index contributed by atoms with van der Waals surface area (Å²) in [5.41, 5.74) is 1.93. The Kier molecular flexibility index (Phi) is 11.9. The van der Waals surface area contributed by atoms with Crippen LogP contribution in [0.15, 0.2) is 78.0 Å². The number of anilines is 1. The van der Waals surface area contributed by atoms with E-state index in [1.54, 1.807) is 25.2 Å². The highest BCUT2D eigenvalue weighted by Gasteiger charge is 2.31. The second-order valence-electron chi connectivity index (χ2n) is 8.34. The minimum absolute atomic E-state index is 0.0192. The van der Waals surface area contributed by atoms with Gasteiger partial charge in [-0.2, -0.15) is 0 Å². The van der Waals surface area contributed by atoms with Crippen LogP contribution in [0.4, 0.5) is 23.2 Å². The lowest BCUT2D eigenvalue weighted by atomic mass is 10.1. The zero-order valence-electron chi connectivity index (χ0n) is 22.9. The summed E-state index contributed by atoms with van der Waals surface area (Å²) in [7, 11) is 5.81. The molecule has 0 bridgehead atoms. The van der Waals surface area contributed by atoms with E-state index in [4.69, 9.17) is 18.9 Å². The number of methoxy groups -OCH3 is 4. The van der Waals surface area contributed by atoms with Gasteiger partial charge < -0.3 is 34.1 Å². The third-order valence-corrected chi connectivity index (χ3v) is 5.62. The fourth-order valence-electron chi connectivity index (χ4n) is 3.56. The van der Waals surface area contributed by atoms with Crippen molar-refractivity contribution in [3.63, 3.8) is 0 Å². The van der Waals surface area contributed by atoms with Crippen molar-refractivity contribution in [2.24, 2.45) is 0 Å². The van der Waals surface area contributed by atoms with Crippen LogP contribution in [0.25, 0.3) is 6.08 Å². The summed E-state index contributed by atoms with van der Waals surface area (Å²) in [6, 6.07) is 7.74. The predicted molar refractivity (Wildman–Crippen MR) is 144 cm³/mol. The Labute approximate surface area is 231 Å². The molecule has 11 heteroatoms. The zero-order chi connectivity index (χ0) is 29.9. The molecule has 2 N–H and O–H groups in total. The summed E-state index contributed by atoms with van der Waals surface area (Å²) < 4.78 is 76.5. The van der Waals surface area contributed by atoms with Crippen molar-refractivity contribution in [2.75, 3.05) is 40.3 Å². The smallest absolute Gasteiger partial charge is 0.497 e. The number of alkyl halides is 3. The van der Waals surface area contributed by atoms with Gasteiger partial charge in [0.1, 0.15) is 11.5 Å². The van der Waals surface area contributed by atoms with Gasteiger partial charge in [-0.05, 0) is 48.8 Å². The summed E-state index contributed by atoms with van der Waals surface area (Å²) in [4.78, 5) is 0. The average molecular weight is 568 g/mol. The Morgan fingerprint density at radius 3 is 2.27 bits per heavy atom. The first-order valence-corrected chi connectivity index (χ1v) is 12.0. The van der Waals surface area contributed by atoms with Gasteiger partial charge in [0.05, 0.1) is 34.5 Å². The molecule has 7 nitrogen and oxygen atoms in total. The summed E-state index contributed by atoms with van der Waals surface area (Å²) >= 11 is 0. The predicted octanol–water partition coefficient (Wildman–Crippen LogP) is 6.89. The Balaban J connectivity index is 2.17. The van der Waals surface area contributed by atoms with Gasteiger partial charge in [-0.25, -0.2) is 4.39 Å². The monoisotopic (exact) mass is 567 g/mol. The van der Waals surface area contributed by atoms with Crippen LogP contribution in [0.1, 0.15) is 30.6 Å². The molecule has 0 aromatic heterocycles. The van der Waals surface area contributed by atoms with Crippen molar-refractivity contribution in [1.29, 1.82) is 0 Å². The number of rotatable bonds is 14. The Morgan fingerprint density at radius 2 is 1.73 bits per heavy atom. The standard InChI is InChI=1S/C29H33F4NO6/c1-18(15-27(38-5)28(39-6)19(2)36-3)7-8-21-16-23(30)26(37-4)17-24(21)34-14-13-25(35)20-9-11-22(12-10-20)40-29(31,32)33/h7-12,15-17,25,34-35H,1,13-14H2,2-6H3/b8-7-,27-15+,28-19-. The van der Waals surface area contributed by atoms with E-state index in [2.05, 4.69) is 16.6 Å². The first-order chi connectivity index (χ1) is 18.9. The van der Waals surface area contributed by atoms with Crippen LogP contribution in [-0.4, -0.2) is 46.5 Å². The normalized spacial score (nSPS) is 13.4. The van der Waals surface area contributed by atoms with Gasteiger partial charge >= 0.3 is 6.36 Å². The van der Waals surface area contributed by atoms with Gasteiger partial charge in [0.25, 0.3) is 0 Å². The molecule has 0 aliphatic heterocycles. The molecule has 2 aromatic rings. The molecular weight excluding hydrogens is 534 g/mol. The van der Waals surface area contributed by atoms with Gasteiger partial charge in [0, 0.05) is 23.9 Å². The van der Waals surface area contributed by atoms with E-state index in [1.165, 1.54) is 52.7 Å². The topological polar surface area (TPSA) is 78.4 Å². The molecular formula is C29H33F4NO6. The van der Waals surface area contributed by atoms with Crippen LogP contribution >= 0.6 is 0 Å². The van der Waals surface area contributed by atoms with Crippen molar-refractivity contribution < 1.29 is 46.4 Å². The van der Waals surface area contributed by atoms with Crippen molar-refractivity contribution in [1.82, 2.24) is 0 Å². The second-order valence-corrected chi connectivity index (χ2v) is 8.34. The fourth-order valence-corrected chi connectivity index (χ4v) is 3.56. The Hall–Kier alpha value is -4.12. The third-order valence-electron chi connectivity index (χ3n) is 5.62. The molecule has 1 atom stereocenters. The summed E-state index contributed by atoms with van der Waals surface area (Å²) in [5.74, 6) is 0.331. The zero-order valence-corrected chi connectivity index (χ0v) is 22.9. The minimum atomic E-state index is -4.80. The summed E-state index contributed by atoms with van der Waals surface area (Å²) in [5, 5.41) is 13.6. The second kappa shape index (κ2) is 14.9. The molecule has 0 saturated heterocycles. The van der Waals surface area contributed by atoms with Crippen molar-refractivity contribution in [2.45, 2.75) is 25.8 Å². The summed E-state index contributed by atoms with van der Waals surface area (Å²) in [6.45, 7) is 5.96. The van der Waals surface area contributed by atoms with E-state index in [1.807, 2.05) is 0 Å². The molecule has 0 radical (unpaired) electrons. The van der Waals surface area contributed by atoms with Gasteiger partial charge in [-0.1, -0.05) is 30.9 Å². The molecule has 0 amide bonds. The number of nitrogens with one attached hydrogen (secondary N) is 1. The van der Waals surface area contributed by atoms with Crippen LogP contribution in [0.3, 0.4) is 0 Å². The number of aliphatic hydroxyl groups is 1. The van der Waals surface area contributed by atoms with Crippen molar-refractivity contribution >= 4 is 11.8 Å². The van der Waals surface area contributed by atoms with E-state index < -0.39 is 18.3 Å². The largest absolute Gasteiger partial charge is 0.573 e. The number of hydrogen-bond donors (Lipinski definition) is 2. The molecule has 0 fully saturated rings. The number of benzene rings is 2. The van der Waals surface area contributed by atoms with E-state index in [-0.39, 0.29) is 24.5 Å². The fraction of sp³-hybridized carbons (Fsp3) is 0.310. The highest BCUT2D eigenvalue weighted by Crippen LogP contribution is 2.29. The molecule has 2 aromatic carbocycles. The van der Waals surface area contributed by atoms with Crippen LogP contribution in [0.2, 0.25) is 0 Å². The van der Waals surface area contributed by atoms with Gasteiger partial charge in [-0.3, -0.25) is 0 Å². The lowest BCUT2D eigenvalue weighted by Crippen LogP contribution is -2.17. The van der Waals surface area contributed by atoms with Crippen LogP contribution in [-0.2, 0) is 14.2 Å². The number of hydrogen-bond acceptors (Lipinski definition) is 7. The lowest BCUT2D eigenvalue weighted by Gasteiger charge is -2.16. The molecule has 0 aliphatic carbocycles. The quantitative estimate of drug-likeness (QED) is 0.146. The Bertz CT molecular complexity index is 1240. The maximum atomic E-state index is 14.5. The van der Waals surface area contributed by atoms with Crippen LogP contribution < -0.4 is 14.8 Å². The molecule has 0 heterocycles. The van der Waals surface area contributed by atoms with E-state index in [9.17, 15) is 22.7 Å². The maximum Gasteiger partial charge on any atom is 0.573 e. The number of ether oxygens (including phenoxy) is 5. The average Bonchev–Trinajstić information content (AvgIpc) is 2.91. The molecule has 0 aliphatic rings. The lowest BCUT2D eigenvalue weighted by molar-refractivity contribution is -0.274. The minimum Gasteiger partial charge on any atom is -0.497 e. The first kappa shape index (κ1) is 32.1. The van der Waals surface area contributed by atoms with Gasteiger partial charge in [-0.15, -0.1) is 13.2 Å². The third kappa shape index (κ3) is 9.57. The highest BCUT2D eigenvalue weighted by molar-refractivity contribution is 5.70. The van der Waals surface area contributed by atoms with Gasteiger partial charge in [0.15, 0.2) is 23.1 Å². The molecule has 218 valence electrons. The highest BCUT2D eigenvalue weighted by atomic mass is 19.4. The SMILES string of the molecule is C=C(/C=C\c1cc(F)c(OC)cc1NCCC(O)c1ccc(OC(F)(F)F)cc1)/C=C(OC)\C(OC)=C(/C)OC. The van der Waals surface area contributed by atoms with E-state index in [0.29, 0.717) is 39.7 Å².